The lowest BCUT2D eigenvalue weighted by Gasteiger charge is -2.42. The molecule has 0 bridgehead atoms. The molecule has 2 aliphatic rings. The molecule has 26 heavy (non-hydrogen) atoms. The molecule has 4 rings (SSSR count). The molecule has 1 fully saturated rings. The molecule has 10 heteroatoms. The third-order valence-electron chi connectivity index (χ3n) is 4.96. The summed E-state index contributed by atoms with van der Waals surface area (Å²) in [4.78, 5) is 7.36. The van der Waals surface area contributed by atoms with Crippen LogP contribution in [0, 0.1) is 5.92 Å². The van der Waals surface area contributed by atoms with E-state index in [9.17, 15) is 13.4 Å². The standard InChI is InChI=1S/C16H21BN4O4S/c1-3-6-20(2)26(23,24)21-9-11(10-21)13-7-17(22)25-14-8-19-16-12(15(13)14)4-5-18-16/h4-5,7-8,11,22H,3,6,9-10H2,1-2H3,(H,18,19). The fraction of sp³-hybridized carbons (Fsp3) is 0.438. The van der Waals surface area contributed by atoms with Crippen molar-refractivity contribution in [2.24, 2.45) is 5.92 Å². The molecule has 0 aliphatic carbocycles. The third-order valence-corrected chi connectivity index (χ3v) is 6.88. The highest BCUT2D eigenvalue weighted by Crippen LogP contribution is 2.42. The number of pyridine rings is 1. The van der Waals surface area contributed by atoms with Gasteiger partial charge in [0.1, 0.15) is 11.4 Å². The highest BCUT2D eigenvalue weighted by molar-refractivity contribution is 7.86. The molecule has 2 N–H and O–H groups in total. The largest absolute Gasteiger partial charge is 0.552 e. The van der Waals surface area contributed by atoms with Gasteiger partial charge in [-0.05, 0) is 24.0 Å². The van der Waals surface area contributed by atoms with E-state index in [0.717, 1.165) is 28.6 Å². The van der Waals surface area contributed by atoms with E-state index in [1.165, 1.54) is 8.61 Å². The smallest absolute Gasteiger partial charge is 0.531 e. The van der Waals surface area contributed by atoms with Gasteiger partial charge in [-0.25, -0.2) is 4.98 Å². The number of aromatic nitrogens is 2. The molecule has 2 aliphatic heterocycles. The van der Waals surface area contributed by atoms with Crippen LogP contribution in [0.1, 0.15) is 18.9 Å². The molecule has 0 radical (unpaired) electrons. The fourth-order valence-corrected chi connectivity index (χ4v) is 5.11. The summed E-state index contributed by atoms with van der Waals surface area (Å²) in [5.41, 5.74) is 2.53. The number of hydrogen-bond acceptors (Lipinski definition) is 5. The van der Waals surface area contributed by atoms with Crippen molar-refractivity contribution in [3.8, 4) is 5.75 Å². The van der Waals surface area contributed by atoms with Crippen molar-refractivity contribution in [2.75, 3.05) is 26.7 Å². The van der Waals surface area contributed by atoms with E-state index in [4.69, 9.17) is 4.65 Å². The van der Waals surface area contributed by atoms with Crippen molar-refractivity contribution < 1.29 is 18.1 Å². The van der Waals surface area contributed by atoms with Gasteiger partial charge >= 0.3 is 7.12 Å². The van der Waals surface area contributed by atoms with Crippen LogP contribution < -0.4 is 4.65 Å². The highest BCUT2D eigenvalue weighted by Gasteiger charge is 2.42. The first-order valence-corrected chi connectivity index (χ1v) is 10.1. The van der Waals surface area contributed by atoms with E-state index in [-0.39, 0.29) is 5.92 Å². The number of hydrogen-bond donors (Lipinski definition) is 2. The molecule has 2 aromatic rings. The average molecular weight is 376 g/mol. The molecule has 0 saturated carbocycles. The second-order valence-corrected chi connectivity index (χ2v) is 8.75. The number of nitrogens with one attached hydrogen (secondary N) is 1. The molecular weight excluding hydrogens is 355 g/mol. The van der Waals surface area contributed by atoms with Crippen LogP contribution in [0.15, 0.2) is 24.4 Å². The minimum Gasteiger partial charge on any atom is -0.531 e. The van der Waals surface area contributed by atoms with E-state index >= 15 is 0 Å². The Morgan fingerprint density at radius 3 is 3.00 bits per heavy atom. The molecule has 0 atom stereocenters. The Labute approximate surface area is 152 Å². The van der Waals surface area contributed by atoms with Gasteiger partial charge in [0.05, 0.1) is 6.20 Å². The van der Waals surface area contributed by atoms with Crippen molar-refractivity contribution >= 4 is 33.9 Å². The van der Waals surface area contributed by atoms with Gasteiger partial charge < -0.3 is 14.7 Å². The van der Waals surface area contributed by atoms with Gasteiger partial charge in [0.2, 0.25) is 0 Å². The van der Waals surface area contributed by atoms with Crippen molar-refractivity contribution in [3.05, 3.63) is 30.0 Å². The average Bonchev–Trinajstić information content (AvgIpc) is 3.01. The van der Waals surface area contributed by atoms with Gasteiger partial charge in [-0.1, -0.05) is 6.92 Å². The SMILES string of the molecule is CCCN(C)S(=O)(=O)N1CC(C2=CB(O)Oc3cnc4[nH]ccc4c32)C1. The zero-order valence-electron chi connectivity index (χ0n) is 14.7. The quantitative estimate of drug-likeness (QED) is 0.755. The van der Waals surface area contributed by atoms with Crippen molar-refractivity contribution in [1.82, 2.24) is 18.6 Å². The van der Waals surface area contributed by atoms with Gasteiger partial charge in [0, 0.05) is 49.7 Å². The van der Waals surface area contributed by atoms with Crippen molar-refractivity contribution in [2.45, 2.75) is 13.3 Å². The highest BCUT2D eigenvalue weighted by atomic mass is 32.2. The Morgan fingerprint density at radius 1 is 1.50 bits per heavy atom. The Kier molecular flexibility index (Phi) is 4.30. The van der Waals surface area contributed by atoms with E-state index < -0.39 is 17.3 Å². The zero-order chi connectivity index (χ0) is 18.5. The van der Waals surface area contributed by atoms with Crippen LogP contribution >= 0.6 is 0 Å². The second-order valence-electron chi connectivity index (χ2n) is 6.71. The number of nitrogens with zero attached hydrogens (tertiary/aromatic N) is 3. The Balaban J connectivity index is 1.62. The maximum Gasteiger partial charge on any atom is 0.552 e. The van der Waals surface area contributed by atoms with Crippen LogP contribution in [0.2, 0.25) is 0 Å². The summed E-state index contributed by atoms with van der Waals surface area (Å²) < 4.78 is 33.5. The lowest BCUT2D eigenvalue weighted by atomic mass is 9.75. The molecule has 138 valence electrons. The first-order valence-electron chi connectivity index (χ1n) is 8.66. The van der Waals surface area contributed by atoms with Crippen LogP contribution in [-0.2, 0) is 10.2 Å². The molecule has 0 amide bonds. The van der Waals surface area contributed by atoms with E-state index in [1.54, 1.807) is 25.4 Å². The van der Waals surface area contributed by atoms with Gasteiger partial charge in [-0.15, -0.1) is 0 Å². The van der Waals surface area contributed by atoms with Gasteiger partial charge in [0.25, 0.3) is 10.2 Å². The summed E-state index contributed by atoms with van der Waals surface area (Å²) in [6.07, 6.45) is 4.16. The molecular formula is C16H21BN4O4S. The lowest BCUT2D eigenvalue weighted by Crippen LogP contribution is -2.55. The second kappa shape index (κ2) is 6.38. The van der Waals surface area contributed by atoms with E-state index in [2.05, 4.69) is 9.97 Å². The summed E-state index contributed by atoms with van der Waals surface area (Å²) in [5, 5.41) is 10.9. The molecule has 8 nitrogen and oxygen atoms in total. The normalized spacial score (nSPS) is 18.6. The summed E-state index contributed by atoms with van der Waals surface area (Å²) in [7, 11) is -2.88. The Morgan fingerprint density at radius 2 is 2.27 bits per heavy atom. The minimum atomic E-state index is -3.43. The summed E-state index contributed by atoms with van der Waals surface area (Å²) in [5.74, 6) is 2.20. The third kappa shape index (κ3) is 2.73. The fourth-order valence-electron chi connectivity index (χ4n) is 3.57. The minimum absolute atomic E-state index is 0.0117. The number of rotatable bonds is 5. The monoisotopic (exact) mass is 376 g/mol. The summed E-state index contributed by atoms with van der Waals surface area (Å²) in [6.45, 7) is 3.23. The van der Waals surface area contributed by atoms with Gasteiger partial charge in [-0.2, -0.15) is 17.0 Å². The van der Waals surface area contributed by atoms with Crippen molar-refractivity contribution in [1.29, 1.82) is 0 Å². The molecule has 0 aromatic carbocycles. The zero-order valence-corrected chi connectivity index (χ0v) is 15.5. The number of aromatic amines is 1. The predicted octanol–water partition coefficient (Wildman–Crippen LogP) is 0.877. The van der Waals surface area contributed by atoms with Crippen molar-refractivity contribution in [3.63, 3.8) is 0 Å². The molecule has 0 spiro atoms. The summed E-state index contributed by atoms with van der Waals surface area (Å²) in [6, 6.07) is 1.91. The molecule has 2 aromatic heterocycles. The number of H-pyrrole nitrogens is 1. The molecule has 1 saturated heterocycles. The van der Waals surface area contributed by atoms with Crippen LogP contribution in [0.4, 0.5) is 0 Å². The van der Waals surface area contributed by atoms with Crippen LogP contribution in [0.25, 0.3) is 16.6 Å². The Hall–Kier alpha value is -1.88. The molecule has 0 unspecified atom stereocenters. The van der Waals surface area contributed by atoms with Crippen LogP contribution in [0.3, 0.4) is 0 Å². The van der Waals surface area contributed by atoms with Gasteiger partial charge in [-0.3, -0.25) is 0 Å². The predicted molar refractivity (Wildman–Crippen MR) is 99.6 cm³/mol. The van der Waals surface area contributed by atoms with Crippen LogP contribution in [0.5, 0.6) is 5.75 Å². The topological polar surface area (TPSA) is 98.8 Å². The number of fused-ring (bicyclic) bond motifs is 3. The van der Waals surface area contributed by atoms with E-state index in [1.807, 2.05) is 13.0 Å². The van der Waals surface area contributed by atoms with E-state index in [0.29, 0.717) is 25.4 Å². The molecule has 4 heterocycles. The van der Waals surface area contributed by atoms with Gasteiger partial charge in [0.15, 0.2) is 0 Å². The first-order chi connectivity index (χ1) is 12.4. The lowest BCUT2D eigenvalue weighted by molar-refractivity contribution is 0.232. The summed E-state index contributed by atoms with van der Waals surface area (Å²) >= 11 is 0. The maximum absolute atomic E-state index is 12.6. The first kappa shape index (κ1) is 17.5. The maximum atomic E-state index is 12.6. The Bertz CT molecular complexity index is 968. The van der Waals surface area contributed by atoms with Crippen LogP contribution in [-0.4, -0.2) is 65.8 Å².